The fourth-order valence-electron chi connectivity index (χ4n) is 5.46. The van der Waals surface area contributed by atoms with Crippen LogP contribution in [0, 0.1) is 17.1 Å². The summed E-state index contributed by atoms with van der Waals surface area (Å²) in [6.45, 7) is 8.50. The van der Waals surface area contributed by atoms with Gasteiger partial charge < -0.3 is 15.3 Å². The molecule has 2 aromatic carbocycles. The summed E-state index contributed by atoms with van der Waals surface area (Å²) in [5, 5.41) is 21.2. The van der Waals surface area contributed by atoms with Gasteiger partial charge in [-0.05, 0) is 67.8 Å². The van der Waals surface area contributed by atoms with Crippen molar-refractivity contribution < 1.29 is 19.1 Å². The predicted octanol–water partition coefficient (Wildman–Crippen LogP) is 2.76. The summed E-state index contributed by atoms with van der Waals surface area (Å²) in [5.41, 5.74) is 1.99. The fourth-order valence-corrected chi connectivity index (χ4v) is 5.46. The minimum atomic E-state index is -0.676. The molecule has 1 saturated carbocycles. The third-order valence-corrected chi connectivity index (χ3v) is 7.81. The molecule has 0 spiro atoms. The van der Waals surface area contributed by atoms with Crippen LogP contribution in [0.5, 0.6) is 0 Å². The van der Waals surface area contributed by atoms with Crippen molar-refractivity contribution in [2.45, 2.75) is 37.3 Å². The lowest BCUT2D eigenvalue weighted by atomic mass is 10.1. The molecule has 2 N–H and O–H groups in total. The number of piperazine rings is 1. The SMILES string of the molecule is C=CCN(CCC[C@H](NC(=O)c1ccc(C#N)cc1)C(=O)N1CCN(CCO)CC1)[C@@H]1C[C@H]1c1ccc(F)cc1. The van der Waals surface area contributed by atoms with E-state index in [2.05, 4.69) is 21.7 Å². The first-order valence-corrected chi connectivity index (χ1v) is 14.0. The lowest BCUT2D eigenvalue weighted by Gasteiger charge is -2.36. The molecule has 212 valence electrons. The standard InChI is InChI=1S/C31H38FN5O3/c1-2-13-36(29-21-27(29)24-9-11-26(32)12-10-24)14-3-4-28(31(40)37-17-15-35(16-18-37)19-20-38)34-30(39)25-7-5-23(22-33)6-8-25/h2,5-12,27-29,38H,1,3-4,13-21H2,(H,34,39)/t27-,28-,29+/m0/s1. The number of nitriles is 1. The Kier molecular flexibility index (Phi) is 10.4. The first-order valence-electron chi connectivity index (χ1n) is 14.0. The van der Waals surface area contributed by atoms with Crippen molar-refractivity contribution >= 4 is 11.8 Å². The van der Waals surface area contributed by atoms with Gasteiger partial charge in [-0.2, -0.15) is 5.26 Å². The average molecular weight is 548 g/mol. The highest BCUT2D eigenvalue weighted by atomic mass is 19.1. The summed E-state index contributed by atoms with van der Waals surface area (Å²) >= 11 is 0. The largest absolute Gasteiger partial charge is 0.395 e. The minimum absolute atomic E-state index is 0.0848. The van der Waals surface area contributed by atoms with E-state index in [0.717, 1.165) is 18.5 Å². The van der Waals surface area contributed by atoms with Gasteiger partial charge in [-0.15, -0.1) is 6.58 Å². The highest BCUT2D eigenvalue weighted by molar-refractivity contribution is 5.97. The molecule has 0 aromatic heterocycles. The number of β-amino-alcohol motifs (C(OH)–C–C–N with tert-alkyl or cyclic N) is 1. The zero-order chi connectivity index (χ0) is 28.5. The van der Waals surface area contributed by atoms with E-state index in [4.69, 9.17) is 5.26 Å². The Balaban J connectivity index is 1.39. The van der Waals surface area contributed by atoms with Crippen LogP contribution in [-0.2, 0) is 4.79 Å². The Hall–Kier alpha value is -3.58. The molecule has 1 aliphatic carbocycles. The molecule has 2 aliphatic rings. The molecular formula is C31H38FN5O3. The molecule has 0 radical (unpaired) electrons. The second-order valence-corrected chi connectivity index (χ2v) is 10.5. The maximum absolute atomic E-state index is 13.6. The Morgan fingerprint density at radius 2 is 1.85 bits per heavy atom. The number of carbonyl (C=O) groups excluding carboxylic acids is 2. The maximum Gasteiger partial charge on any atom is 0.251 e. The highest BCUT2D eigenvalue weighted by Gasteiger charge is 2.42. The third kappa shape index (κ3) is 7.75. The molecule has 0 unspecified atom stereocenters. The number of carbonyl (C=O) groups is 2. The van der Waals surface area contributed by atoms with Gasteiger partial charge in [0.15, 0.2) is 0 Å². The van der Waals surface area contributed by atoms with Crippen LogP contribution >= 0.6 is 0 Å². The summed E-state index contributed by atoms with van der Waals surface area (Å²) < 4.78 is 13.4. The van der Waals surface area contributed by atoms with E-state index >= 15 is 0 Å². The molecular weight excluding hydrogens is 509 g/mol. The van der Waals surface area contributed by atoms with E-state index in [0.29, 0.717) is 75.2 Å². The Morgan fingerprint density at radius 3 is 2.48 bits per heavy atom. The normalized spacial score (nSPS) is 19.6. The van der Waals surface area contributed by atoms with Crippen molar-refractivity contribution in [2.24, 2.45) is 0 Å². The van der Waals surface area contributed by atoms with Crippen LogP contribution in [-0.4, -0.2) is 96.1 Å². The quantitative estimate of drug-likeness (QED) is 0.374. The van der Waals surface area contributed by atoms with Gasteiger partial charge in [0.05, 0.1) is 18.2 Å². The van der Waals surface area contributed by atoms with Crippen molar-refractivity contribution in [1.29, 1.82) is 5.26 Å². The molecule has 1 heterocycles. The molecule has 4 rings (SSSR count). The zero-order valence-corrected chi connectivity index (χ0v) is 22.8. The van der Waals surface area contributed by atoms with Crippen LogP contribution in [0.25, 0.3) is 0 Å². The molecule has 8 nitrogen and oxygen atoms in total. The summed E-state index contributed by atoms with van der Waals surface area (Å²) in [7, 11) is 0. The molecule has 1 aliphatic heterocycles. The van der Waals surface area contributed by atoms with Crippen LogP contribution in [0.3, 0.4) is 0 Å². The monoisotopic (exact) mass is 547 g/mol. The van der Waals surface area contributed by atoms with Crippen LogP contribution in [0.15, 0.2) is 61.2 Å². The van der Waals surface area contributed by atoms with Gasteiger partial charge in [0.25, 0.3) is 5.91 Å². The molecule has 0 bridgehead atoms. The van der Waals surface area contributed by atoms with E-state index < -0.39 is 6.04 Å². The van der Waals surface area contributed by atoms with E-state index in [9.17, 15) is 19.1 Å². The molecule has 2 aromatic rings. The van der Waals surface area contributed by atoms with Gasteiger partial charge in [-0.3, -0.25) is 19.4 Å². The second-order valence-electron chi connectivity index (χ2n) is 10.5. The summed E-state index contributed by atoms with van der Waals surface area (Å²) in [4.78, 5) is 32.9. The van der Waals surface area contributed by atoms with Crippen LogP contribution in [0.2, 0.25) is 0 Å². The van der Waals surface area contributed by atoms with Gasteiger partial charge in [0.2, 0.25) is 5.91 Å². The molecule has 2 fully saturated rings. The number of halogens is 1. The minimum Gasteiger partial charge on any atom is -0.395 e. The van der Waals surface area contributed by atoms with Gasteiger partial charge in [-0.1, -0.05) is 18.2 Å². The number of nitrogens with one attached hydrogen (secondary N) is 1. The number of aliphatic hydroxyl groups excluding tert-OH is 1. The number of hydrogen-bond donors (Lipinski definition) is 2. The van der Waals surface area contributed by atoms with E-state index in [-0.39, 0.29) is 24.2 Å². The highest BCUT2D eigenvalue weighted by Crippen LogP contribution is 2.44. The van der Waals surface area contributed by atoms with Crippen molar-refractivity contribution in [3.63, 3.8) is 0 Å². The van der Waals surface area contributed by atoms with Crippen molar-refractivity contribution in [3.05, 3.63) is 83.7 Å². The lowest BCUT2D eigenvalue weighted by Crippen LogP contribution is -2.55. The molecule has 2 amide bonds. The number of rotatable bonds is 13. The van der Waals surface area contributed by atoms with Gasteiger partial charge >= 0.3 is 0 Å². The number of aliphatic hydroxyl groups is 1. The lowest BCUT2D eigenvalue weighted by molar-refractivity contribution is -0.135. The predicted molar refractivity (Wildman–Crippen MR) is 151 cm³/mol. The molecule has 3 atom stereocenters. The van der Waals surface area contributed by atoms with Crippen LogP contribution in [0.1, 0.15) is 46.7 Å². The molecule has 1 saturated heterocycles. The second kappa shape index (κ2) is 14.2. The van der Waals surface area contributed by atoms with Crippen molar-refractivity contribution in [3.8, 4) is 6.07 Å². The van der Waals surface area contributed by atoms with Gasteiger partial charge in [0, 0.05) is 56.8 Å². The zero-order valence-electron chi connectivity index (χ0n) is 22.8. The number of benzene rings is 2. The Bertz CT molecular complexity index is 1190. The molecule has 9 heteroatoms. The number of amides is 2. The number of hydrogen-bond acceptors (Lipinski definition) is 6. The van der Waals surface area contributed by atoms with Crippen molar-refractivity contribution in [1.82, 2.24) is 20.0 Å². The summed E-state index contributed by atoms with van der Waals surface area (Å²) in [5.74, 6) is -0.332. The third-order valence-electron chi connectivity index (χ3n) is 7.81. The average Bonchev–Trinajstić information content (AvgIpc) is 3.77. The van der Waals surface area contributed by atoms with E-state index in [1.54, 1.807) is 29.2 Å². The summed E-state index contributed by atoms with van der Waals surface area (Å²) in [6, 6.07) is 14.8. The Labute approximate surface area is 235 Å². The fraction of sp³-hybridized carbons (Fsp3) is 0.452. The topological polar surface area (TPSA) is 99.9 Å². The Morgan fingerprint density at radius 1 is 1.15 bits per heavy atom. The van der Waals surface area contributed by atoms with Crippen molar-refractivity contribution in [2.75, 3.05) is 52.4 Å². The first-order chi connectivity index (χ1) is 19.4. The summed E-state index contributed by atoms with van der Waals surface area (Å²) in [6.07, 6.45) is 4.06. The maximum atomic E-state index is 13.6. The number of nitrogens with zero attached hydrogens (tertiary/aromatic N) is 4. The van der Waals surface area contributed by atoms with Gasteiger partial charge in [0.1, 0.15) is 11.9 Å². The molecule has 40 heavy (non-hydrogen) atoms. The van der Waals surface area contributed by atoms with E-state index in [1.807, 2.05) is 24.3 Å². The van der Waals surface area contributed by atoms with Gasteiger partial charge in [-0.25, -0.2) is 4.39 Å². The van der Waals surface area contributed by atoms with Crippen LogP contribution in [0.4, 0.5) is 4.39 Å². The van der Waals surface area contributed by atoms with Crippen LogP contribution < -0.4 is 5.32 Å². The smallest absolute Gasteiger partial charge is 0.251 e. The first kappa shape index (κ1) is 29.4. The van der Waals surface area contributed by atoms with E-state index in [1.165, 1.54) is 12.1 Å².